The fourth-order valence-electron chi connectivity index (χ4n) is 1.76. The molecule has 2 heterocycles. The van der Waals surface area contributed by atoms with Crippen LogP contribution in [0.1, 0.15) is 59.9 Å². The second-order valence-electron chi connectivity index (χ2n) is 6.26. The Labute approximate surface area is 138 Å². The highest BCUT2D eigenvalue weighted by molar-refractivity contribution is 7.14. The average Bonchev–Trinajstić information content (AvgIpc) is 3.10. The van der Waals surface area contributed by atoms with Gasteiger partial charge in [0.1, 0.15) is 0 Å². The summed E-state index contributed by atoms with van der Waals surface area (Å²) in [5, 5.41) is 3.85. The lowest BCUT2D eigenvalue weighted by Gasteiger charge is -2.10. The molecule has 0 saturated carbocycles. The summed E-state index contributed by atoms with van der Waals surface area (Å²) in [5.74, 6) is 0.310. The molecule has 0 unspecified atom stereocenters. The zero-order chi connectivity index (χ0) is 17.0. The first kappa shape index (κ1) is 17.3. The van der Waals surface area contributed by atoms with E-state index in [4.69, 9.17) is 9.26 Å². The third-order valence-corrected chi connectivity index (χ3v) is 4.11. The van der Waals surface area contributed by atoms with Crippen molar-refractivity contribution in [3.63, 3.8) is 0 Å². The SMILES string of the molecule is Cc1ccc(C(=O)CCC(=O)OCc2nc(C(C)(C)C)no2)s1. The van der Waals surface area contributed by atoms with Crippen LogP contribution in [0.5, 0.6) is 0 Å². The minimum absolute atomic E-state index is 0.0377. The van der Waals surface area contributed by atoms with Crippen molar-refractivity contribution in [1.29, 1.82) is 0 Å². The van der Waals surface area contributed by atoms with Crippen LogP contribution in [0.15, 0.2) is 16.7 Å². The van der Waals surface area contributed by atoms with Crippen molar-refractivity contribution in [3.05, 3.63) is 33.6 Å². The van der Waals surface area contributed by atoms with Crippen LogP contribution in [0.2, 0.25) is 0 Å². The number of ether oxygens (including phenoxy) is 1. The molecule has 0 aliphatic carbocycles. The molecule has 6 nitrogen and oxygen atoms in total. The van der Waals surface area contributed by atoms with Crippen LogP contribution in [0.3, 0.4) is 0 Å². The molecule has 0 aliphatic heterocycles. The lowest BCUT2D eigenvalue weighted by atomic mass is 9.96. The number of Topliss-reactive ketones (excluding diaryl/α,β-unsaturated/α-hetero) is 1. The van der Waals surface area contributed by atoms with Crippen molar-refractivity contribution in [2.45, 2.75) is 52.6 Å². The molecule has 0 N–H and O–H groups in total. The lowest BCUT2D eigenvalue weighted by Crippen LogP contribution is -2.13. The molecule has 2 aromatic heterocycles. The molecular formula is C16H20N2O4S. The topological polar surface area (TPSA) is 82.3 Å². The van der Waals surface area contributed by atoms with Gasteiger partial charge in [-0.05, 0) is 19.1 Å². The summed E-state index contributed by atoms with van der Waals surface area (Å²) in [6.45, 7) is 7.75. The van der Waals surface area contributed by atoms with Crippen LogP contribution < -0.4 is 0 Å². The van der Waals surface area contributed by atoms with Crippen molar-refractivity contribution in [1.82, 2.24) is 10.1 Å². The summed E-state index contributed by atoms with van der Waals surface area (Å²) >= 11 is 1.43. The molecular weight excluding hydrogens is 316 g/mol. The summed E-state index contributed by atoms with van der Waals surface area (Å²) in [4.78, 5) is 29.5. The van der Waals surface area contributed by atoms with Gasteiger partial charge in [0.15, 0.2) is 18.2 Å². The second kappa shape index (κ2) is 7.04. The van der Waals surface area contributed by atoms with E-state index in [1.807, 2.05) is 33.8 Å². The number of hydrogen-bond acceptors (Lipinski definition) is 7. The zero-order valence-corrected chi connectivity index (χ0v) is 14.5. The van der Waals surface area contributed by atoms with Crippen LogP contribution in [-0.4, -0.2) is 21.9 Å². The molecule has 0 saturated heterocycles. The van der Waals surface area contributed by atoms with Gasteiger partial charge in [0.2, 0.25) is 0 Å². The lowest BCUT2D eigenvalue weighted by molar-refractivity contribution is -0.145. The maximum Gasteiger partial charge on any atom is 0.306 e. The number of rotatable bonds is 6. The largest absolute Gasteiger partial charge is 0.456 e. The van der Waals surface area contributed by atoms with Gasteiger partial charge in [-0.1, -0.05) is 25.9 Å². The second-order valence-corrected chi connectivity index (χ2v) is 7.54. The summed E-state index contributed by atoms with van der Waals surface area (Å²) in [5.41, 5.74) is -0.225. The van der Waals surface area contributed by atoms with E-state index in [-0.39, 0.29) is 36.5 Å². The Morgan fingerprint density at radius 2 is 2.00 bits per heavy atom. The number of hydrogen-bond donors (Lipinski definition) is 0. The summed E-state index contributed by atoms with van der Waals surface area (Å²) < 4.78 is 10.1. The third-order valence-electron chi connectivity index (χ3n) is 3.07. The van der Waals surface area contributed by atoms with E-state index < -0.39 is 5.97 Å². The van der Waals surface area contributed by atoms with Gasteiger partial charge in [-0.15, -0.1) is 11.3 Å². The van der Waals surface area contributed by atoms with Crippen LogP contribution in [0.4, 0.5) is 0 Å². The fourth-order valence-corrected chi connectivity index (χ4v) is 2.59. The summed E-state index contributed by atoms with van der Waals surface area (Å²) in [6.07, 6.45) is 0.173. The van der Waals surface area contributed by atoms with E-state index in [2.05, 4.69) is 10.1 Å². The van der Waals surface area contributed by atoms with Crippen molar-refractivity contribution >= 4 is 23.1 Å². The van der Waals surface area contributed by atoms with Crippen molar-refractivity contribution < 1.29 is 18.8 Å². The third kappa shape index (κ3) is 4.99. The smallest absolute Gasteiger partial charge is 0.306 e. The average molecular weight is 336 g/mol. The van der Waals surface area contributed by atoms with E-state index in [1.54, 1.807) is 6.07 Å². The Morgan fingerprint density at radius 1 is 1.26 bits per heavy atom. The van der Waals surface area contributed by atoms with Gasteiger partial charge in [0.25, 0.3) is 5.89 Å². The Hall–Kier alpha value is -2.02. The molecule has 2 rings (SSSR count). The molecule has 0 radical (unpaired) electrons. The van der Waals surface area contributed by atoms with Crippen molar-refractivity contribution in [2.75, 3.05) is 0 Å². The molecule has 0 amide bonds. The van der Waals surface area contributed by atoms with Crippen LogP contribution >= 0.6 is 11.3 Å². The molecule has 0 atom stereocenters. The number of nitrogens with zero attached hydrogens (tertiary/aromatic N) is 2. The summed E-state index contributed by atoms with van der Waals surface area (Å²) in [6, 6.07) is 3.67. The molecule has 0 aromatic carbocycles. The standard InChI is InChI=1S/C16H20N2O4S/c1-10-5-7-12(23-10)11(19)6-8-14(20)21-9-13-17-15(18-22-13)16(2,3)4/h5,7H,6,8-9H2,1-4H3. The van der Waals surface area contributed by atoms with Crippen molar-refractivity contribution in [3.8, 4) is 0 Å². The van der Waals surface area contributed by atoms with E-state index in [1.165, 1.54) is 11.3 Å². The maximum atomic E-state index is 11.9. The molecule has 2 aromatic rings. The molecule has 23 heavy (non-hydrogen) atoms. The molecule has 7 heteroatoms. The first-order chi connectivity index (χ1) is 10.8. The molecule has 0 bridgehead atoms. The van der Waals surface area contributed by atoms with Gasteiger partial charge in [0.05, 0.1) is 11.3 Å². The first-order valence-electron chi connectivity index (χ1n) is 7.34. The van der Waals surface area contributed by atoms with Crippen molar-refractivity contribution in [2.24, 2.45) is 0 Å². The number of esters is 1. The molecule has 0 spiro atoms. The van der Waals surface area contributed by atoms with Gasteiger partial charge in [-0.25, -0.2) is 0 Å². The van der Waals surface area contributed by atoms with E-state index >= 15 is 0 Å². The Kier molecular flexibility index (Phi) is 5.30. The zero-order valence-electron chi connectivity index (χ0n) is 13.7. The van der Waals surface area contributed by atoms with E-state index in [9.17, 15) is 9.59 Å². The van der Waals surface area contributed by atoms with E-state index in [0.29, 0.717) is 10.7 Å². The minimum atomic E-state index is -0.456. The van der Waals surface area contributed by atoms with Crippen LogP contribution in [0, 0.1) is 6.92 Å². The van der Waals surface area contributed by atoms with Gasteiger partial charge >= 0.3 is 5.97 Å². The molecule has 0 aliphatic rings. The van der Waals surface area contributed by atoms with Gasteiger partial charge in [-0.2, -0.15) is 4.98 Å². The normalized spacial score (nSPS) is 11.5. The van der Waals surface area contributed by atoms with Crippen LogP contribution in [0.25, 0.3) is 0 Å². The number of aryl methyl sites for hydroxylation is 1. The van der Waals surface area contributed by atoms with Gasteiger partial charge in [-0.3, -0.25) is 9.59 Å². The highest BCUT2D eigenvalue weighted by atomic mass is 32.1. The predicted octanol–water partition coefficient (Wildman–Crippen LogP) is 3.44. The fraction of sp³-hybridized carbons (Fsp3) is 0.500. The molecule has 124 valence electrons. The first-order valence-corrected chi connectivity index (χ1v) is 8.15. The number of ketones is 1. The molecule has 0 fully saturated rings. The Balaban J connectivity index is 1.77. The highest BCUT2D eigenvalue weighted by Crippen LogP contribution is 2.19. The highest BCUT2D eigenvalue weighted by Gasteiger charge is 2.21. The maximum absolute atomic E-state index is 11.9. The predicted molar refractivity (Wildman–Crippen MR) is 85.4 cm³/mol. The number of carbonyl (C=O) groups excluding carboxylic acids is 2. The Bertz CT molecular complexity index is 697. The minimum Gasteiger partial charge on any atom is -0.456 e. The van der Waals surface area contributed by atoms with Crippen LogP contribution in [-0.2, 0) is 21.6 Å². The van der Waals surface area contributed by atoms with E-state index in [0.717, 1.165) is 4.88 Å². The Morgan fingerprint density at radius 3 is 2.57 bits per heavy atom. The number of aromatic nitrogens is 2. The summed E-state index contributed by atoms with van der Waals surface area (Å²) in [7, 11) is 0. The van der Waals surface area contributed by atoms with Gasteiger partial charge < -0.3 is 9.26 Å². The number of thiophene rings is 1. The quantitative estimate of drug-likeness (QED) is 0.593. The number of carbonyl (C=O) groups is 2. The van der Waals surface area contributed by atoms with Gasteiger partial charge in [0, 0.05) is 16.7 Å². The monoisotopic (exact) mass is 336 g/mol.